The molecule has 0 spiro atoms. The quantitative estimate of drug-likeness (QED) is 0.290. The highest BCUT2D eigenvalue weighted by atomic mass is 19.1. The first kappa shape index (κ1) is 20.7. The van der Waals surface area contributed by atoms with E-state index >= 15 is 0 Å². The van der Waals surface area contributed by atoms with E-state index in [1.165, 1.54) is 18.2 Å². The molecule has 5 N–H and O–H groups in total. The van der Waals surface area contributed by atoms with Crippen molar-refractivity contribution in [3.8, 4) is 0 Å². The summed E-state index contributed by atoms with van der Waals surface area (Å²) in [6.07, 6.45) is 1.55. The molecule has 0 aliphatic rings. The van der Waals surface area contributed by atoms with Crippen molar-refractivity contribution in [3.63, 3.8) is 0 Å². The molecule has 3 aromatic rings. The van der Waals surface area contributed by atoms with E-state index in [1.54, 1.807) is 18.3 Å². The normalized spacial score (nSPS) is 10.3. The van der Waals surface area contributed by atoms with Crippen LogP contribution in [0.1, 0.15) is 26.3 Å². The van der Waals surface area contributed by atoms with E-state index in [4.69, 9.17) is 11.1 Å². The first-order valence-electron chi connectivity index (χ1n) is 8.73. The minimum Gasteiger partial charge on any atom is -0.384 e. The molecule has 0 bridgehead atoms. The van der Waals surface area contributed by atoms with Crippen molar-refractivity contribution in [1.29, 1.82) is 5.41 Å². The average Bonchev–Trinajstić information content (AvgIpc) is 2.70. The number of pyridine rings is 1. The van der Waals surface area contributed by atoms with Crippen LogP contribution < -0.4 is 21.8 Å². The summed E-state index contributed by atoms with van der Waals surface area (Å²) in [4.78, 5) is 29.1. The van der Waals surface area contributed by atoms with Gasteiger partial charge in [-0.2, -0.15) is 0 Å². The summed E-state index contributed by atoms with van der Waals surface area (Å²) in [5, 5.41) is 12.2. The number of hydrogen-bond acceptors (Lipinski definition) is 4. The lowest BCUT2D eigenvalue weighted by Crippen LogP contribution is -2.20. The molecular formula is C20H16BF2N5O2. The van der Waals surface area contributed by atoms with Crippen LogP contribution in [0.15, 0.2) is 54.7 Å². The van der Waals surface area contributed by atoms with Crippen molar-refractivity contribution in [2.45, 2.75) is 0 Å². The van der Waals surface area contributed by atoms with Crippen LogP contribution >= 0.6 is 0 Å². The van der Waals surface area contributed by atoms with Crippen LogP contribution in [-0.2, 0) is 0 Å². The zero-order chi connectivity index (χ0) is 21.8. The zero-order valence-electron chi connectivity index (χ0n) is 15.8. The van der Waals surface area contributed by atoms with Crippen LogP contribution in [0, 0.1) is 17.0 Å². The van der Waals surface area contributed by atoms with Crippen LogP contribution in [0.25, 0.3) is 0 Å². The number of anilines is 2. The van der Waals surface area contributed by atoms with Gasteiger partial charge in [0.05, 0.1) is 16.8 Å². The van der Waals surface area contributed by atoms with Crippen LogP contribution in [0.5, 0.6) is 0 Å². The molecule has 150 valence electrons. The smallest absolute Gasteiger partial charge is 0.259 e. The predicted octanol–water partition coefficient (Wildman–Crippen LogP) is 1.41. The van der Waals surface area contributed by atoms with E-state index in [2.05, 4.69) is 15.6 Å². The number of carbonyl (C=O) groups excluding carboxylic acids is 2. The third-order valence-corrected chi connectivity index (χ3v) is 4.15. The van der Waals surface area contributed by atoms with Gasteiger partial charge in [0.2, 0.25) is 0 Å². The van der Waals surface area contributed by atoms with Gasteiger partial charge in [-0.15, -0.1) is 0 Å². The van der Waals surface area contributed by atoms with E-state index < -0.39 is 23.4 Å². The lowest BCUT2D eigenvalue weighted by molar-refractivity contribution is 0.102. The summed E-state index contributed by atoms with van der Waals surface area (Å²) in [7, 11) is 1.83. The molecule has 2 aromatic carbocycles. The largest absolute Gasteiger partial charge is 0.384 e. The van der Waals surface area contributed by atoms with Gasteiger partial charge in [-0.25, -0.2) is 13.8 Å². The molecule has 0 unspecified atom stereocenters. The molecule has 30 heavy (non-hydrogen) atoms. The summed E-state index contributed by atoms with van der Waals surface area (Å²) in [6, 6.07) is 9.98. The van der Waals surface area contributed by atoms with E-state index in [1.807, 2.05) is 7.85 Å². The molecule has 1 aromatic heterocycles. The monoisotopic (exact) mass is 407 g/mol. The molecule has 0 aliphatic carbocycles. The summed E-state index contributed by atoms with van der Waals surface area (Å²) in [6.45, 7) is 0. The third kappa shape index (κ3) is 4.66. The number of aromatic nitrogens is 1. The number of nitrogens with one attached hydrogen (secondary N) is 3. The van der Waals surface area contributed by atoms with Crippen molar-refractivity contribution in [2.24, 2.45) is 5.73 Å². The van der Waals surface area contributed by atoms with E-state index in [0.717, 1.165) is 23.7 Å². The maximum Gasteiger partial charge on any atom is 0.259 e. The maximum atomic E-state index is 14.2. The predicted molar refractivity (Wildman–Crippen MR) is 112 cm³/mol. The fourth-order valence-corrected chi connectivity index (χ4v) is 2.60. The second-order valence-corrected chi connectivity index (χ2v) is 6.43. The second kappa shape index (κ2) is 8.52. The Bertz CT molecular complexity index is 1150. The number of hydrogen-bond donors (Lipinski definition) is 4. The van der Waals surface area contributed by atoms with Gasteiger partial charge in [0.15, 0.2) is 0 Å². The van der Waals surface area contributed by atoms with E-state index in [-0.39, 0.29) is 34.0 Å². The highest BCUT2D eigenvalue weighted by Gasteiger charge is 2.18. The van der Waals surface area contributed by atoms with Crippen molar-refractivity contribution >= 4 is 42.5 Å². The lowest BCUT2D eigenvalue weighted by atomic mass is 9.99. The van der Waals surface area contributed by atoms with E-state index in [9.17, 15) is 18.4 Å². The maximum absolute atomic E-state index is 14.2. The molecule has 7 nitrogen and oxygen atoms in total. The number of amidine groups is 1. The van der Waals surface area contributed by atoms with Gasteiger partial charge >= 0.3 is 0 Å². The Balaban J connectivity index is 1.86. The Morgan fingerprint density at radius 2 is 1.70 bits per heavy atom. The third-order valence-electron chi connectivity index (χ3n) is 4.15. The Labute approximate surface area is 171 Å². The van der Waals surface area contributed by atoms with Gasteiger partial charge in [0.25, 0.3) is 11.8 Å². The van der Waals surface area contributed by atoms with Gasteiger partial charge < -0.3 is 16.4 Å². The Kier molecular flexibility index (Phi) is 5.86. The Morgan fingerprint density at radius 1 is 0.967 bits per heavy atom. The summed E-state index contributed by atoms with van der Waals surface area (Å²) < 4.78 is 28.0. The first-order valence-corrected chi connectivity index (χ1v) is 8.73. The second-order valence-electron chi connectivity index (χ2n) is 6.43. The van der Waals surface area contributed by atoms with Crippen LogP contribution in [0.3, 0.4) is 0 Å². The number of nitrogens with zero attached hydrogens (tertiary/aromatic N) is 1. The SMILES string of the molecule is Bc1ccc(NC(=O)c2cc(F)ccc2NC(=O)c2ccc(C(=N)N)cc2F)nc1. The van der Waals surface area contributed by atoms with Crippen molar-refractivity contribution in [1.82, 2.24) is 4.98 Å². The average molecular weight is 407 g/mol. The Morgan fingerprint density at radius 3 is 2.33 bits per heavy atom. The molecule has 10 heteroatoms. The Hall–Kier alpha value is -4.08. The number of carbonyl (C=O) groups is 2. The molecule has 0 saturated heterocycles. The van der Waals surface area contributed by atoms with Gasteiger partial charge in [0.1, 0.15) is 31.1 Å². The van der Waals surface area contributed by atoms with Crippen molar-refractivity contribution < 1.29 is 18.4 Å². The molecule has 1 heterocycles. The molecular weight excluding hydrogens is 391 g/mol. The van der Waals surface area contributed by atoms with Crippen LogP contribution in [0.2, 0.25) is 0 Å². The first-order chi connectivity index (χ1) is 14.2. The highest BCUT2D eigenvalue weighted by molar-refractivity contribution is 6.32. The molecule has 3 rings (SSSR count). The molecule has 0 fully saturated rings. The van der Waals surface area contributed by atoms with E-state index in [0.29, 0.717) is 0 Å². The van der Waals surface area contributed by atoms with Crippen molar-refractivity contribution in [2.75, 3.05) is 10.6 Å². The van der Waals surface area contributed by atoms with Crippen molar-refractivity contribution in [3.05, 3.63) is 83.1 Å². The highest BCUT2D eigenvalue weighted by Crippen LogP contribution is 2.20. The molecule has 2 amide bonds. The molecule has 0 radical (unpaired) electrons. The molecule has 0 aliphatic heterocycles. The fraction of sp³-hybridized carbons (Fsp3) is 0. The zero-order valence-corrected chi connectivity index (χ0v) is 15.8. The van der Waals surface area contributed by atoms with Gasteiger partial charge in [-0.1, -0.05) is 17.6 Å². The number of halogens is 2. The van der Waals surface area contributed by atoms with Crippen LogP contribution in [0.4, 0.5) is 20.3 Å². The number of nitrogen functional groups attached to an aromatic ring is 1. The summed E-state index contributed by atoms with van der Waals surface area (Å²) in [5.41, 5.74) is 5.82. The minimum absolute atomic E-state index is 0.0129. The lowest BCUT2D eigenvalue weighted by Gasteiger charge is -2.12. The number of rotatable bonds is 5. The number of benzene rings is 2. The standard InChI is InChI=1S/C20H16BF2N5O2/c21-11-2-6-17(26-9-11)28-20(30)14-8-12(22)3-5-16(14)27-19(29)13-4-1-10(18(24)25)7-15(13)23/h1-9H,21H2,(H3,24,25)(H,27,29)(H,26,28,30). The molecule has 0 atom stereocenters. The van der Waals surface area contributed by atoms with Crippen LogP contribution in [-0.4, -0.2) is 30.5 Å². The molecule has 0 saturated carbocycles. The fourth-order valence-electron chi connectivity index (χ4n) is 2.60. The van der Waals surface area contributed by atoms with Gasteiger partial charge in [-0.3, -0.25) is 15.0 Å². The number of nitrogens with two attached hydrogens (primary N) is 1. The summed E-state index contributed by atoms with van der Waals surface area (Å²) in [5.74, 6) is -3.23. The minimum atomic E-state index is -0.892. The topological polar surface area (TPSA) is 121 Å². The number of amides is 2. The van der Waals surface area contributed by atoms with Gasteiger partial charge in [0, 0.05) is 11.8 Å². The summed E-state index contributed by atoms with van der Waals surface area (Å²) >= 11 is 0. The van der Waals surface area contributed by atoms with Gasteiger partial charge in [-0.05, 0) is 36.4 Å².